The third-order valence-electron chi connectivity index (χ3n) is 2.71. The van der Waals surface area contributed by atoms with Gasteiger partial charge < -0.3 is 10.2 Å². The summed E-state index contributed by atoms with van der Waals surface area (Å²) in [6, 6.07) is 6.83. The second-order valence-corrected chi connectivity index (χ2v) is 4.40. The first-order chi connectivity index (χ1) is 9.56. The van der Waals surface area contributed by atoms with Crippen LogP contribution in [0, 0.1) is 10.1 Å². The monoisotopic (exact) mass is 290 g/mol. The number of anilines is 1. The normalized spacial score (nSPS) is 10.8. The second-order valence-electron chi connectivity index (χ2n) is 3.99. The molecule has 20 heavy (non-hydrogen) atoms. The van der Waals surface area contributed by atoms with Crippen LogP contribution >= 0.6 is 11.6 Å². The number of aromatic nitrogens is 2. The molecule has 2 N–H and O–H groups in total. The number of nitrogens with zero attached hydrogens (tertiary/aromatic N) is 3. The van der Waals surface area contributed by atoms with Gasteiger partial charge in [-0.2, -0.15) is 0 Å². The zero-order valence-corrected chi connectivity index (χ0v) is 10.7. The highest BCUT2D eigenvalue weighted by atomic mass is 35.5. The number of benzene rings is 1. The van der Waals surface area contributed by atoms with Gasteiger partial charge in [-0.1, -0.05) is 23.7 Å². The lowest BCUT2D eigenvalue weighted by Gasteiger charge is -1.99. The fraction of sp³-hybridized carbons (Fsp3) is 0. The molecule has 3 aromatic rings. The van der Waals surface area contributed by atoms with Gasteiger partial charge in [0.25, 0.3) is 0 Å². The van der Waals surface area contributed by atoms with E-state index in [1.54, 1.807) is 24.3 Å². The molecule has 2 aromatic heterocycles. The van der Waals surface area contributed by atoms with Crippen LogP contribution in [0.5, 0.6) is 0 Å². The third kappa shape index (κ3) is 1.94. The Morgan fingerprint density at radius 3 is 2.90 bits per heavy atom. The average Bonchev–Trinajstić information content (AvgIpc) is 2.83. The lowest BCUT2D eigenvalue weighted by molar-refractivity contribution is -0.384. The van der Waals surface area contributed by atoms with E-state index in [4.69, 9.17) is 21.8 Å². The summed E-state index contributed by atoms with van der Waals surface area (Å²) in [7, 11) is 0. The van der Waals surface area contributed by atoms with Crippen LogP contribution < -0.4 is 5.73 Å². The molecular formula is C12H7ClN4O3. The maximum atomic E-state index is 11.0. The maximum absolute atomic E-state index is 11.0. The molecule has 7 nitrogen and oxygen atoms in total. The van der Waals surface area contributed by atoms with E-state index in [-0.39, 0.29) is 23.1 Å². The Balaban J connectivity index is 2.27. The topological polar surface area (TPSA) is 108 Å². The van der Waals surface area contributed by atoms with Crippen molar-refractivity contribution in [3.63, 3.8) is 0 Å². The first kappa shape index (κ1) is 12.4. The van der Waals surface area contributed by atoms with Crippen molar-refractivity contribution in [2.24, 2.45) is 0 Å². The van der Waals surface area contributed by atoms with Crippen molar-refractivity contribution in [3.8, 4) is 11.5 Å². The van der Waals surface area contributed by atoms with E-state index in [9.17, 15) is 10.1 Å². The number of hydrogen-bond donors (Lipinski definition) is 1. The number of hydrogen-bond acceptors (Lipinski definition) is 6. The van der Waals surface area contributed by atoms with Crippen LogP contribution in [-0.4, -0.2) is 14.9 Å². The van der Waals surface area contributed by atoms with Gasteiger partial charge in [-0.05, 0) is 12.1 Å². The molecule has 0 unspecified atom stereocenters. The van der Waals surface area contributed by atoms with Crippen LogP contribution in [0.1, 0.15) is 0 Å². The van der Waals surface area contributed by atoms with E-state index in [2.05, 4.69) is 9.97 Å². The van der Waals surface area contributed by atoms with Gasteiger partial charge in [-0.15, -0.1) is 0 Å². The zero-order chi connectivity index (χ0) is 14.3. The number of furan rings is 1. The Hall–Kier alpha value is -2.67. The lowest BCUT2D eigenvalue weighted by atomic mass is 10.2. The fourth-order valence-corrected chi connectivity index (χ4v) is 2.07. The fourth-order valence-electron chi connectivity index (χ4n) is 1.85. The third-order valence-corrected chi connectivity index (χ3v) is 3.01. The maximum Gasteiger partial charge on any atom is 0.317 e. The molecule has 0 spiro atoms. The van der Waals surface area contributed by atoms with Gasteiger partial charge in [-0.3, -0.25) is 10.1 Å². The first-order valence-corrected chi connectivity index (χ1v) is 5.89. The van der Waals surface area contributed by atoms with Gasteiger partial charge in [0, 0.05) is 5.39 Å². The van der Waals surface area contributed by atoms with Crippen LogP contribution in [0.25, 0.3) is 22.4 Å². The molecule has 2 heterocycles. The molecule has 8 heteroatoms. The Bertz CT molecular complexity index is 831. The highest BCUT2D eigenvalue weighted by molar-refractivity contribution is 6.34. The van der Waals surface area contributed by atoms with Crippen molar-refractivity contribution < 1.29 is 9.34 Å². The molecule has 0 aliphatic carbocycles. The van der Waals surface area contributed by atoms with Crippen molar-refractivity contribution in [1.29, 1.82) is 0 Å². The summed E-state index contributed by atoms with van der Waals surface area (Å²) in [4.78, 5) is 17.9. The number of nitrogens with two attached hydrogens (primary N) is 1. The predicted octanol–water partition coefficient (Wildman–Crippen LogP) is 3.03. The number of nitrogen functional groups attached to an aromatic ring is 1. The van der Waals surface area contributed by atoms with Gasteiger partial charge in [0.1, 0.15) is 6.20 Å². The van der Waals surface area contributed by atoms with Gasteiger partial charge >= 0.3 is 5.69 Å². The average molecular weight is 291 g/mol. The standard InChI is InChI=1S/C12H7ClN4O3/c13-7-3-1-2-6-4-9(20-11(6)7)10-8(17(18)19)5-15-12(14)16-10/h1-5H,(H2,14,15,16). The Morgan fingerprint density at radius 1 is 1.40 bits per heavy atom. The summed E-state index contributed by atoms with van der Waals surface area (Å²) >= 11 is 6.01. The number of para-hydroxylation sites is 1. The highest BCUT2D eigenvalue weighted by Crippen LogP contribution is 2.34. The molecule has 0 saturated carbocycles. The van der Waals surface area contributed by atoms with Crippen molar-refractivity contribution in [1.82, 2.24) is 9.97 Å². The summed E-state index contributed by atoms with van der Waals surface area (Å²) in [5.74, 6) is 0.144. The minimum absolute atomic E-state index is 0.0229. The predicted molar refractivity (Wildman–Crippen MR) is 73.3 cm³/mol. The Kier molecular flexibility index (Phi) is 2.76. The van der Waals surface area contributed by atoms with Gasteiger partial charge in [0.05, 0.1) is 9.95 Å². The first-order valence-electron chi connectivity index (χ1n) is 5.51. The van der Waals surface area contributed by atoms with Gasteiger partial charge in [0.15, 0.2) is 17.0 Å². The SMILES string of the molecule is Nc1ncc([N+](=O)[O-])c(-c2cc3cccc(Cl)c3o2)n1. The molecule has 0 amide bonds. The van der Waals surface area contributed by atoms with Crippen molar-refractivity contribution >= 4 is 34.2 Å². The van der Waals surface area contributed by atoms with Crippen molar-refractivity contribution in [2.75, 3.05) is 5.73 Å². The summed E-state index contributed by atoms with van der Waals surface area (Å²) in [6.45, 7) is 0. The zero-order valence-electron chi connectivity index (χ0n) is 9.91. The van der Waals surface area contributed by atoms with Crippen LogP contribution in [-0.2, 0) is 0 Å². The van der Waals surface area contributed by atoms with Crippen LogP contribution in [0.2, 0.25) is 5.02 Å². The number of halogens is 1. The molecule has 0 atom stereocenters. The molecule has 0 bridgehead atoms. The largest absolute Gasteiger partial charge is 0.453 e. The highest BCUT2D eigenvalue weighted by Gasteiger charge is 2.22. The molecule has 0 aliphatic rings. The quantitative estimate of drug-likeness (QED) is 0.574. The van der Waals surface area contributed by atoms with Gasteiger partial charge in [-0.25, -0.2) is 9.97 Å². The molecule has 0 fully saturated rings. The minimum Gasteiger partial charge on any atom is -0.453 e. The number of fused-ring (bicyclic) bond motifs is 1. The molecule has 1 aromatic carbocycles. The number of nitro groups is 1. The van der Waals surface area contributed by atoms with Crippen LogP contribution in [0.4, 0.5) is 11.6 Å². The van der Waals surface area contributed by atoms with E-state index in [1.165, 1.54) is 0 Å². The number of rotatable bonds is 2. The summed E-state index contributed by atoms with van der Waals surface area (Å²) < 4.78 is 5.55. The second kappa shape index (κ2) is 4.46. The van der Waals surface area contributed by atoms with E-state index >= 15 is 0 Å². The van der Waals surface area contributed by atoms with Crippen LogP contribution in [0.15, 0.2) is 34.9 Å². The summed E-state index contributed by atoms with van der Waals surface area (Å²) in [6.07, 6.45) is 1.05. The minimum atomic E-state index is -0.594. The smallest absolute Gasteiger partial charge is 0.317 e. The van der Waals surface area contributed by atoms with E-state index in [0.717, 1.165) is 11.6 Å². The molecule has 0 aliphatic heterocycles. The lowest BCUT2D eigenvalue weighted by Crippen LogP contribution is -2.00. The van der Waals surface area contributed by atoms with E-state index < -0.39 is 4.92 Å². The summed E-state index contributed by atoms with van der Waals surface area (Å²) in [5.41, 5.74) is 5.66. The molecular weight excluding hydrogens is 284 g/mol. The van der Waals surface area contributed by atoms with E-state index in [0.29, 0.717) is 10.6 Å². The molecule has 0 saturated heterocycles. The Morgan fingerprint density at radius 2 is 2.20 bits per heavy atom. The molecule has 0 radical (unpaired) electrons. The van der Waals surface area contributed by atoms with Crippen LogP contribution in [0.3, 0.4) is 0 Å². The molecule has 100 valence electrons. The van der Waals surface area contributed by atoms with Gasteiger partial charge in [0.2, 0.25) is 5.95 Å². The summed E-state index contributed by atoms with van der Waals surface area (Å²) in [5, 5.41) is 12.1. The Labute approximate surface area is 117 Å². The van der Waals surface area contributed by atoms with Crippen molar-refractivity contribution in [2.45, 2.75) is 0 Å². The van der Waals surface area contributed by atoms with E-state index in [1.807, 2.05) is 0 Å². The van der Waals surface area contributed by atoms with Crippen molar-refractivity contribution in [3.05, 3.63) is 45.6 Å². The molecule has 3 rings (SSSR count).